The summed E-state index contributed by atoms with van der Waals surface area (Å²) in [5.74, 6) is -0.184. The van der Waals surface area contributed by atoms with Crippen LogP contribution >= 0.6 is 0 Å². The Kier molecular flexibility index (Phi) is 3.26. The van der Waals surface area contributed by atoms with E-state index >= 15 is 0 Å². The van der Waals surface area contributed by atoms with E-state index < -0.39 is 5.60 Å². The van der Waals surface area contributed by atoms with E-state index in [0.29, 0.717) is 12.8 Å². The van der Waals surface area contributed by atoms with Gasteiger partial charge in [0.15, 0.2) is 0 Å². The SMILES string of the molecule is CC(C)(C)OC(=O)COC1CC(=O)C1. The third-order valence-corrected chi connectivity index (χ3v) is 1.77. The molecule has 0 saturated heterocycles. The van der Waals surface area contributed by atoms with Gasteiger partial charge >= 0.3 is 5.97 Å². The van der Waals surface area contributed by atoms with Crippen LogP contribution in [-0.4, -0.2) is 30.1 Å². The summed E-state index contributed by atoms with van der Waals surface area (Å²) in [6.07, 6.45) is 0.793. The number of rotatable bonds is 3. The first kappa shape index (κ1) is 11.2. The van der Waals surface area contributed by atoms with Gasteiger partial charge in [-0.2, -0.15) is 0 Å². The van der Waals surface area contributed by atoms with Crippen molar-refractivity contribution in [3.05, 3.63) is 0 Å². The van der Waals surface area contributed by atoms with Gasteiger partial charge in [0, 0.05) is 12.8 Å². The minimum absolute atomic E-state index is 0.0603. The highest BCUT2D eigenvalue weighted by Gasteiger charge is 2.28. The van der Waals surface area contributed by atoms with Crippen molar-refractivity contribution >= 4 is 11.8 Å². The zero-order chi connectivity index (χ0) is 10.8. The van der Waals surface area contributed by atoms with Gasteiger partial charge in [-0.1, -0.05) is 0 Å². The average Bonchev–Trinajstić information content (AvgIpc) is 1.92. The third kappa shape index (κ3) is 3.87. The number of carbonyl (C=O) groups is 2. The molecule has 4 heteroatoms. The molecule has 1 rings (SSSR count). The van der Waals surface area contributed by atoms with E-state index in [-0.39, 0.29) is 24.5 Å². The van der Waals surface area contributed by atoms with Crippen LogP contribution in [0.4, 0.5) is 0 Å². The van der Waals surface area contributed by atoms with Gasteiger partial charge < -0.3 is 9.47 Å². The number of esters is 1. The van der Waals surface area contributed by atoms with E-state index in [9.17, 15) is 9.59 Å². The van der Waals surface area contributed by atoms with Crippen molar-refractivity contribution in [2.45, 2.75) is 45.3 Å². The summed E-state index contributed by atoms with van der Waals surface area (Å²) in [4.78, 5) is 21.7. The molecule has 4 nitrogen and oxygen atoms in total. The second-order valence-corrected chi connectivity index (χ2v) is 4.47. The molecule has 1 aliphatic carbocycles. The molecule has 0 bridgehead atoms. The molecular formula is C10H16O4. The third-order valence-electron chi connectivity index (χ3n) is 1.77. The van der Waals surface area contributed by atoms with Crippen LogP contribution in [0.2, 0.25) is 0 Å². The van der Waals surface area contributed by atoms with E-state index in [0.717, 1.165) is 0 Å². The van der Waals surface area contributed by atoms with Crippen LogP contribution in [0.15, 0.2) is 0 Å². The molecule has 1 aliphatic rings. The number of Topliss-reactive ketones (excluding diaryl/α,β-unsaturated/α-hetero) is 1. The highest BCUT2D eigenvalue weighted by atomic mass is 16.6. The molecule has 1 saturated carbocycles. The Labute approximate surface area is 83.6 Å². The molecule has 14 heavy (non-hydrogen) atoms. The summed E-state index contributed by atoms with van der Waals surface area (Å²) in [7, 11) is 0. The molecule has 0 atom stereocenters. The van der Waals surface area contributed by atoms with Crippen molar-refractivity contribution in [1.82, 2.24) is 0 Å². The lowest BCUT2D eigenvalue weighted by molar-refractivity contribution is -0.165. The molecule has 0 heterocycles. The van der Waals surface area contributed by atoms with Gasteiger partial charge in [0.2, 0.25) is 0 Å². The van der Waals surface area contributed by atoms with Gasteiger partial charge in [-0.25, -0.2) is 4.79 Å². The van der Waals surface area contributed by atoms with E-state index in [1.807, 2.05) is 0 Å². The Balaban J connectivity index is 2.13. The van der Waals surface area contributed by atoms with E-state index in [1.54, 1.807) is 20.8 Å². The van der Waals surface area contributed by atoms with Gasteiger partial charge in [0.25, 0.3) is 0 Å². The molecular weight excluding hydrogens is 184 g/mol. The molecule has 0 aromatic carbocycles. The number of ketones is 1. The topological polar surface area (TPSA) is 52.6 Å². The molecule has 0 N–H and O–H groups in total. The summed E-state index contributed by atoms with van der Waals surface area (Å²) in [6, 6.07) is 0. The lowest BCUT2D eigenvalue weighted by Crippen LogP contribution is -2.34. The monoisotopic (exact) mass is 200 g/mol. The fourth-order valence-electron chi connectivity index (χ4n) is 1.12. The van der Waals surface area contributed by atoms with Crippen molar-refractivity contribution < 1.29 is 19.1 Å². The predicted octanol–water partition coefficient (Wildman–Crippen LogP) is 1.08. The zero-order valence-electron chi connectivity index (χ0n) is 8.83. The lowest BCUT2D eigenvalue weighted by atomic mass is 9.94. The van der Waals surface area contributed by atoms with Gasteiger partial charge in [-0.3, -0.25) is 4.79 Å². The van der Waals surface area contributed by atoms with E-state index in [4.69, 9.17) is 9.47 Å². The standard InChI is InChI=1S/C10H16O4/c1-10(2,3)14-9(12)6-13-8-4-7(11)5-8/h8H,4-6H2,1-3H3. The van der Waals surface area contributed by atoms with Crippen molar-refractivity contribution in [2.75, 3.05) is 6.61 Å². The summed E-state index contributed by atoms with van der Waals surface area (Å²) in [5, 5.41) is 0. The smallest absolute Gasteiger partial charge is 0.332 e. The van der Waals surface area contributed by atoms with Gasteiger partial charge in [0.05, 0.1) is 6.10 Å². The lowest BCUT2D eigenvalue weighted by Gasteiger charge is -2.25. The van der Waals surface area contributed by atoms with Crippen LogP contribution in [0.5, 0.6) is 0 Å². The van der Waals surface area contributed by atoms with Crippen LogP contribution in [-0.2, 0) is 19.1 Å². The minimum Gasteiger partial charge on any atom is -0.458 e. The van der Waals surface area contributed by atoms with Crippen LogP contribution < -0.4 is 0 Å². The quantitative estimate of drug-likeness (QED) is 0.639. The van der Waals surface area contributed by atoms with Crippen LogP contribution in [0.1, 0.15) is 33.6 Å². The molecule has 1 fully saturated rings. The highest BCUT2D eigenvalue weighted by Crippen LogP contribution is 2.18. The first-order valence-corrected chi connectivity index (χ1v) is 4.72. The fraction of sp³-hybridized carbons (Fsp3) is 0.800. The molecule has 0 aromatic heterocycles. The molecule has 0 aliphatic heterocycles. The van der Waals surface area contributed by atoms with E-state index in [2.05, 4.69) is 0 Å². The maximum Gasteiger partial charge on any atom is 0.332 e. The Morgan fingerprint density at radius 1 is 1.43 bits per heavy atom. The summed E-state index contributed by atoms with van der Waals surface area (Å²) >= 11 is 0. The molecule has 0 spiro atoms. The zero-order valence-corrected chi connectivity index (χ0v) is 8.83. The van der Waals surface area contributed by atoms with Crippen molar-refractivity contribution in [3.8, 4) is 0 Å². The number of ether oxygens (including phenoxy) is 2. The van der Waals surface area contributed by atoms with Crippen molar-refractivity contribution in [1.29, 1.82) is 0 Å². The highest BCUT2D eigenvalue weighted by molar-refractivity contribution is 5.85. The molecule has 0 radical (unpaired) electrons. The minimum atomic E-state index is -0.476. The summed E-state index contributed by atoms with van der Waals surface area (Å²) in [6.45, 7) is 5.35. The van der Waals surface area contributed by atoms with Gasteiger partial charge in [0.1, 0.15) is 18.0 Å². The number of carbonyl (C=O) groups excluding carboxylic acids is 2. The van der Waals surface area contributed by atoms with Crippen molar-refractivity contribution in [2.24, 2.45) is 0 Å². The van der Waals surface area contributed by atoms with Crippen molar-refractivity contribution in [3.63, 3.8) is 0 Å². The van der Waals surface area contributed by atoms with Gasteiger partial charge in [-0.05, 0) is 20.8 Å². The number of hydrogen-bond acceptors (Lipinski definition) is 4. The fourth-order valence-corrected chi connectivity index (χ4v) is 1.12. The first-order valence-electron chi connectivity index (χ1n) is 4.72. The second kappa shape index (κ2) is 4.09. The summed E-state index contributed by atoms with van der Waals surface area (Å²) < 4.78 is 10.2. The number of hydrogen-bond donors (Lipinski definition) is 0. The second-order valence-electron chi connectivity index (χ2n) is 4.47. The molecule has 0 amide bonds. The van der Waals surface area contributed by atoms with Crippen LogP contribution in [0, 0.1) is 0 Å². The molecule has 0 aromatic rings. The molecule has 0 unspecified atom stereocenters. The predicted molar refractivity (Wildman–Crippen MR) is 49.8 cm³/mol. The maximum atomic E-state index is 11.2. The Morgan fingerprint density at radius 2 is 2.00 bits per heavy atom. The largest absolute Gasteiger partial charge is 0.458 e. The van der Waals surface area contributed by atoms with E-state index in [1.165, 1.54) is 0 Å². The first-order chi connectivity index (χ1) is 6.37. The van der Waals surface area contributed by atoms with Crippen LogP contribution in [0.25, 0.3) is 0 Å². The average molecular weight is 200 g/mol. The normalized spacial score (nSPS) is 17.8. The Hall–Kier alpha value is -0.900. The Morgan fingerprint density at radius 3 is 2.43 bits per heavy atom. The summed E-state index contributed by atoms with van der Waals surface area (Å²) in [5.41, 5.74) is -0.476. The van der Waals surface area contributed by atoms with Gasteiger partial charge in [-0.15, -0.1) is 0 Å². The molecule has 80 valence electrons. The maximum absolute atomic E-state index is 11.2. The Bertz CT molecular complexity index is 231. The van der Waals surface area contributed by atoms with Crippen LogP contribution in [0.3, 0.4) is 0 Å².